The molecule has 1 heterocycles. The van der Waals surface area contributed by atoms with E-state index in [0.29, 0.717) is 17.0 Å². The summed E-state index contributed by atoms with van der Waals surface area (Å²) in [5, 5.41) is 16.7. The van der Waals surface area contributed by atoms with Gasteiger partial charge in [0.2, 0.25) is 0 Å². The summed E-state index contributed by atoms with van der Waals surface area (Å²) < 4.78 is 20.1. The van der Waals surface area contributed by atoms with Gasteiger partial charge in [-0.3, -0.25) is 4.79 Å². The van der Waals surface area contributed by atoms with Crippen LogP contribution < -0.4 is 10.3 Å². The molecular weight excluding hydrogens is 371 g/mol. The van der Waals surface area contributed by atoms with Gasteiger partial charge in [0.05, 0.1) is 12.2 Å². The second-order valence-electron chi connectivity index (χ2n) is 6.69. The van der Waals surface area contributed by atoms with Crippen LogP contribution in [-0.2, 0) is 6.54 Å². The maximum atomic E-state index is 13.1. The van der Waals surface area contributed by atoms with Gasteiger partial charge in [-0.05, 0) is 41.8 Å². The van der Waals surface area contributed by atoms with Crippen molar-refractivity contribution < 1.29 is 14.2 Å². The van der Waals surface area contributed by atoms with Gasteiger partial charge in [0, 0.05) is 17.0 Å². The van der Waals surface area contributed by atoms with Crippen molar-refractivity contribution >= 4 is 10.8 Å². The summed E-state index contributed by atoms with van der Waals surface area (Å²) in [6.45, 7) is 0.00153. The molecule has 0 unspecified atom stereocenters. The first-order valence-corrected chi connectivity index (χ1v) is 9.23. The molecule has 3 aromatic carbocycles. The number of hydrogen-bond donors (Lipinski definition) is 1. The van der Waals surface area contributed by atoms with Gasteiger partial charge in [0.1, 0.15) is 24.3 Å². The highest BCUT2D eigenvalue weighted by Gasteiger charge is 2.11. The number of ether oxygens (including phenoxy) is 1. The largest absolute Gasteiger partial charge is 0.490 e. The summed E-state index contributed by atoms with van der Waals surface area (Å²) in [4.78, 5) is 12.1. The molecule has 146 valence electrons. The molecule has 4 rings (SSSR count). The molecule has 6 heteroatoms. The number of benzene rings is 3. The highest BCUT2D eigenvalue weighted by atomic mass is 19.1. The van der Waals surface area contributed by atoms with Gasteiger partial charge in [0.15, 0.2) is 0 Å². The SMILES string of the molecule is O=c1ccc(-c2ccc(F)cc2)nn1C[C@@H](O)COc1cccc2ccccc12. The molecule has 5 nitrogen and oxygen atoms in total. The maximum Gasteiger partial charge on any atom is 0.266 e. The molecule has 0 saturated carbocycles. The Bertz CT molecular complexity index is 1180. The molecule has 1 aromatic heterocycles. The van der Waals surface area contributed by atoms with Crippen molar-refractivity contribution in [3.63, 3.8) is 0 Å². The van der Waals surface area contributed by atoms with E-state index in [1.165, 1.54) is 22.9 Å². The molecule has 0 aliphatic rings. The molecule has 0 radical (unpaired) electrons. The van der Waals surface area contributed by atoms with Crippen LogP contribution in [0.1, 0.15) is 0 Å². The second-order valence-corrected chi connectivity index (χ2v) is 6.69. The van der Waals surface area contributed by atoms with Crippen molar-refractivity contribution in [2.45, 2.75) is 12.6 Å². The second kappa shape index (κ2) is 8.24. The van der Waals surface area contributed by atoms with E-state index in [4.69, 9.17) is 4.74 Å². The standard InChI is InChI=1S/C23H19FN2O3/c24-18-10-8-17(9-11-18)21-12-13-23(28)26(25-21)14-19(27)15-29-22-7-3-5-16-4-1-2-6-20(16)22/h1-13,19,27H,14-15H2/t19-/m1/s1. The van der Waals surface area contributed by atoms with Crippen LogP contribution in [0.2, 0.25) is 0 Å². The van der Waals surface area contributed by atoms with Crippen LogP contribution in [0.4, 0.5) is 4.39 Å². The summed E-state index contributed by atoms with van der Waals surface area (Å²) in [5.41, 5.74) is 0.869. The monoisotopic (exact) mass is 390 g/mol. The lowest BCUT2D eigenvalue weighted by molar-refractivity contribution is 0.0888. The summed E-state index contributed by atoms with van der Waals surface area (Å²) in [5.74, 6) is 0.325. The molecule has 0 bridgehead atoms. The fourth-order valence-corrected chi connectivity index (χ4v) is 3.11. The zero-order valence-corrected chi connectivity index (χ0v) is 15.5. The van der Waals surface area contributed by atoms with Crippen molar-refractivity contribution in [1.82, 2.24) is 9.78 Å². The molecule has 0 fully saturated rings. The van der Waals surface area contributed by atoms with Crippen LogP contribution >= 0.6 is 0 Å². The van der Waals surface area contributed by atoms with Gasteiger partial charge in [-0.2, -0.15) is 5.10 Å². The van der Waals surface area contributed by atoms with Crippen molar-refractivity contribution in [2.75, 3.05) is 6.61 Å². The third-order valence-electron chi connectivity index (χ3n) is 4.57. The lowest BCUT2D eigenvalue weighted by Gasteiger charge is -2.15. The molecular formula is C23H19FN2O3. The molecule has 4 aromatic rings. The minimum atomic E-state index is -0.928. The average Bonchev–Trinajstić information content (AvgIpc) is 2.74. The first-order valence-electron chi connectivity index (χ1n) is 9.23. The smallest absolute Gasteiger partial charge is 0.266 e. The minimum absolute atomic E-state index is 0.0152. The van der Waals surface area contributed by atoms with Gasteiger partial charge < -0.3 is 9.84 Å². The van der Waals surface area contributed by atoms with Crippen LogP contribution in [0.5, 0.6) is 5.75 Å². The Kier molecular flexibility index (Phi) is 5.35. The average molecular weight is 390 g/mol. The fraction of sp³-hybridized carbons (Fsp3) is 0.130. The number of aromatic nitrogens is 2. The number of fused-ring (bicyclic) bond motifs is 1. The normalized spacial score (nSPS) is 12.1. The van der Waals surface area contributed by atoms with E-state index in [9.17, 15) is 14.3 Å². The number of rotatable bonds is 6. The lowest BCUT2D eigenvalue weighted by atomic mass is 10.1. The molecule has 1 atom stereocenters. The first kappa shape index (κ1) is 18.8. The number of nitrogens with zero attached hydrogens (tertiary/aromatic N) is 2. The molecule has 0 spiro atoms. The highest BCUT2D eigenvalue weighted by molar-refractivity contribution is 5.88. The van der Waals surface area contributed by atoms with Crippen molar-refractivity contribution in [3.05, 3.63) is 95.0 Å². The molecule has 0 amide bonds. The lowest BCUT2D eigenvalue weighted by Crippen LogP contribution is -2.31. The van der Waals surface area contributed by atoms with Crippen LogP contribution in [0.25, 0.3) is 22.0 Å². The van der Waals surface area contributed by atoms with Crippen LogP contribution in [0.3, 0.4) is 0 Å². The Morgan fingerprint density at radius 3 is 2.55 bits per heavy atom. The van der Waals surface area contributed by atoms with Crippen molar-refractivity contribution in [2.24, 2.45) is 0 Å². The van der Waals surface area contributed by atoms with Crippen molar-refractivity contribution in [1.29, 1.82) is 0 Å². The molecule has 0 saturated heterocycles. The van der Waals surface area contributed by atoms with Crippen LogP contribution in [-0.4, -0.2) is 27.6 Å². The summed E-state index contributed by atoms with van der Waals surface area (Å²) in [6.07, 6.45) is -0.928. The molecule has 29 heavy (non-hydrogen) atoms. The Labute approximate surface area is 166 Å². The Morgan fingerprint density at radius 2 is 1.72 bits per heavy atom. The zero-order chi connectivity index (χ0) is 20.2. The molecule has 0 aliphatic carbocycles. The number of aliphatic hydroxyl groups is 1. The van der Waals surface area contributed by atoms with Crippen molar-refractivity contribution in [3.8, 4) is 17.0 Å². The Balaban J connectivity index is 1.48. The summed E-state index contributed by atoms with van der Waals surface area (Å²) >= 11 is 0. The topological polar surface area (TPSA) is 64.4 Å². The van der Waals surface area contributed by atoms with E-state index >= 15 is 0 Å². The Hall–Kier alpha value is -3.51. The molecule has 1 N–H and O–H groups in total. The highest BCUT2D eigenvalue weighted by Crippen LogP contribution is 2.25. The third kappa shape index (κ3) is 4.33. The van der Waals surface area contributed by atoms with Gasteiger partial charge in [-0.1, -0.05) is 36.4 Å². The quantitative estimate of drug-likeness (QED) is 0.546. The van der Waals surface area contributed by atoms with Gasteiger partial charge in [-0.15, -0.1) is 0 Å². The van der Waals surface area contributed by atoms with E-state index < -0.39 is 6.10 Å². The number of halogens is 1. The summed E-state index contributed by atoms with van der Waals surface area (Å²) in [6, 6.07) is 22.3. The van der Waals surface area contributed by atoms with Gasteiger partial charge in [0.25, 0.3) is 5.56 Å². The van der Waals surface area contributed by atoms with Gasteiger partial charge >= 0.3 is 0 Å². The van der Waals surface area contributed by atoms with E-state index in [2.05, 4.69) is 5.10 Å². The Morgan fingerprint density at radius 1 is 0.966 bits per heavy atom. The zero-order valence-electron chi connectivity index (χ0n) is 15.5. The van der Waals surface area contributed by atoms with Gasteiger partial charge in [-0.25, -0.2) is 9.07 Å². The first-order chi connectivity index (χ1) is 14.1. The fourth-order valence-electron chi connectivity index (χ4n) is 3.11. The predicted molar refractivity (Wildman–Crippen MR) is 109 cm³/mol. The minimum Gasteiger partial charge on any atom is -0.490 e. The van der Waals surface area contributed by atoms with E-state index in [1.807, 2.05) is 42.5 Å². The number of aliphatic hydroxyl groups excluding tert-OH is 1. The van der Waals surface area contributed by atoms with E-state index in [-0.39, 0.29) is 24.5 Å². The number of hydrogen-bond acceptors (Lipinski definition) is 4. The van der Waals surface area contributed by atoms with Crippen LogP contribution in [0, 0.1) is 5.82 Å². The maximum absolute atomic E-state index is 13.1. The molecule has 0 aliphatic heterocycles. The van der Waals surface area contributed by atoms with E-state index in [0.717, 1.165) is 10.8 Å². The third-order valence-corrected chi connectivity index (χ3v) is 4.57. The predicted octanol–water partition coefficient (Wildman–Crippen LogP) is 3.64. The van der Waals surface area contributed by atoms with E-state index in [1.54, 1.807) is 18.2 Å². The summed E-state index contributed by atoms with van der Waals surface area (Å²) in [7, 11) is 0. The van der Waals surface area contributed by atoms with Crippen LogP contribution in [0.15, 0.2) is 83.7 Å².